The third-order valence-corrected chi connectivity index (χ3v) is 3.86. The summed E-state index contributed by atoms with van der Waals surface area (Å²) in [6.07, 6.45) is 4.57. The average molecular weight is 260 g/mol. The highest BCUT2D eigenvalue weighted by atomic mass is 16.5. The predicted octanol–water partition coefficient (Wildman–Crippen LogP) is 1.95. The lowest BCUT2D eigenvalue weighted by molar-refractivity contribution is 0.0907. The maximum atomic E-state index is 12.0. The van der Waals surface area contributed by atoms with Crippen LogP contribution >= 0.6 is 0 Å². The Morgan fingerprint density at radius 3 is 3.26 bits per heavy atom. The molecule has 0 saturated carbocycles. The number of fused-ring (bicyclic) bond motifs is 1. The number of hydrogen-bond donors (Lipinski definition) is 2. The van der Waals surface area contributed by atoms with Crippen LogP contribution in [0.2, 0.25) is 0 Å². The van der Waals surface area contributed by atoms with Gasteiger partial charge in [-0.25, -0.2) is 0 Å². The molecule has 2 aliphatic rings. The number of benzene rings is 1. The Morgan fingerprint density at radius 1 is 1.47 bits per heavy atom. The highest BCUT2D eigenvalue weighted by molar-refractivity contribution is 5.95. The maximum absolute atomic E-state index is 12.0. The number of anilines is 1. The highest BCUT2D eigenvalue weighted by Gasteiger charge is 2.16. The molecular weight excluding hydrogens is 240 g/mol. The van der Waals surface area contributed by atoms with Gasteiger partial charge in [-0.3, -0.25) is 4.79 Å². The van der Waals surface area contributed by atoms with Gasteiger partial charge in [0.2, 0.25) is 0 Å². The number of rotatable bonds is 4. The Hall–Kier alpha value is -1.55. The first-order valence-electron chi connectivity index (χ1n) is 7.09. The van der Waals surface area contributed by atoms with E-state index in [1.54, 1.807) is 0 Å². The lowest BCUT2D eigenvalue weighted by atomic mass is 10.1. The number of nitrogens with one attached hydrogen (secondary N) is 2. The van der Waals surface area contributed by atoms with E-state index in [0.717, 1.165) is 50.1 Å². The molecule has 3 rings (SSSR count). The van der Waals surface area contributed by atoms with Crippen molar-refractivity contribution in [2.45, 2.75) is 31.8 Å². The molecule has 0 aliphatic carbocycles. The predicted molar refractivity (Wildman–Crippen MR) is 74.6 cm³/mol. The first-order valence-corrected chi connectivity index (χ1v) is 7.09. The molecule has 19 heavy (non-hydrogen) atoms. The normalized spacial score (nSPS) is 20.9. The third-order valence-electron chi connectivity index (χ3n) is 3.86. The van der Waals surface area contributed by atoms with Crippen molar-refractivity contribution < 1.29 is 9.53 Å². The van der Waals surface area contributed by atoms with Gasteiger partial charge in [0.25, 0.3) is 5.91 Å². The van der Waals surface area contributed by atoms with Crippen LogP contribution in [0.4, 0.5) is 5.69 Å². The van der Waals surface area contributed by atoms with Crippen molar-refractivity contribution in [3.05, 3.63) is 29.3 Å². The molecule has 0 radical (unpaired) electrons. The van der Waals surface area contributed by atoms with Crippen LogP contribution in [-0.4, -0.2) is 31.7 Å². The molecule has 4 heteroatoms. The zero-order valence-electron chi connectivity index (χ0n) is 11.1. The van der Waals surface area contributed by atoms with E-state index in [9.17, 15) is 4.79 Å². The van der Waals surface area contributed by atoms with Crippen LogP contribution in [0.1, 0.15) is 35.2 Å². The fourth-order valence-electron chi connectivity index (χ4n) is 2.75. The van der Waals surface area contributed by atoms with Gasteiger partial charge in [-0.05, 0) is 43.4 Å². The molecule has 0 bridgehead atoms. The van der Waals surface area contributed by atoms with E-state index in [2.05, 4.69) is 10.6 Å². The molecule has 102 valence electrons. The Kier molecular flexibility index (Phi) is 3.69. The van der Waals surface area contributed by atoms with Crippen molar-refractivity contribution in [3.63, 3.8) is 0 Å². The lowest BCUT2D eigenvalue weighted by Crippen LogP contribution is -2.27. The standard InChI is InChI=1S/C15H20N2O2/c18-15(17-8-6-13-2-1-9-19-13)12-4-3-11-5-7-16-14(11)10-12/h3-4,10,13,16H,1-2,5-9H2,(H,17,18). The van der Waals surface area contributed by atoms with Gasteiger partial charge in [0, 0.05) is 30.9 Å². The topological polar surface area (TPSA) is 50.4 Å². The Labute approximate surface area is 113 Å². The quantitative estimate of drug-likeness (QED) is 0.870. The summed E-state index contributed by atoms with van der Waals surface area (Å²) in [5.41, 5.74) is 3.14. The molecule has 1 aromatic carbocycles. The summed E-state index contributed by atoms with van der Waals surface area (Å²) >= 11 is 0. The third kappa shape index (κ3) is 2.89. The molecule has 2 aliphatic heterocycles. The minimum Gasteiger partial charge on any atom is -0.384 e. The van der Waals surface area contributed by atoms with Crippen molar-refractivity contribution in [2.75, 3.05) is 25.0 Å². The zero-order chi connectivity index (χ0) is 13.1. The second kappa shape index (κ2) is 5.61. The number of ether oxygens (including phenoxy) is 1. The molecular formula is C15H20N2O2. The monoisotopic (exact) mass is 260 g/mol. The number of carbonyl (C=O) groups excluding carboxylic acids is 1. The van der Waals surface area contributed by atoms with E-state index >= 15 is 0 Å². The van der Waals surface area contributed by atoms with Crippen LogP contribution < -0.4 is 10.6 Å². The van der Waals surface area contributed by atoms with Gasteiger partial charge in [-0.2, -0.15) is 0 Å². The zero-order valence-corrected chi connectivity index (χ0v) is 11.1. The SMILES string of the molecule is O=C(NCCC1CCCO1)c1ccc2c(c1)NCC2. The van der Waals surface area contributed by atoms with Crippen molar-refractivity contribution in [1.29, 1.82) is 0 Å². The Bertz CT molecular complexity index is 467. The summed E-state index contributed by atoms with van der Waals surface area (Å²) in [6.45, 7) is 2.53. The number of hydrogen-bond acceptors (Lipinski definition) is 3. The second-order valence-electron chi connectivity index (χ2n) is 5.23. The van der Waals surface area contributed by atoms with Gasteiger partial charge in [0.05, 0.1) is 6.10 Å². The molecule has 0 aromatic heterocycles. The first-order chi connectivity index (χ1) is 9.33. The van der Waals surface area contributed by atoms with E-state index in [-0.39, 0.29) is 5.91 Å². The smallest absolute Gasteiger partial charge is 0.251 e. The minimum absolute atomic E-state index is 0.00879. The van der Waals surface area contributed by atoms with Crippen LogP contribution in [0, 0.1) is 0 Å². The van der Waals surface area contributed by atoms with E-state index < -0.39 is 0 Å². The molecule has 1 amide bonds. The molecule has 1 aromatic rings. The molecule has 0 spiro atoms. The largest absolute Gasteiger partial charge is 0.384 e. The minimum atomic E-state index is 0.00879. The molecule has 1 unspecified atom stereocenters. The van der Waals surface area contributed by atoms with Crippen LogP contribution in [0.15, 0.2) is 18.2 Å². The summed E-state index contributed by atoms with van der Waals surface area (Å²) in [7, 11) is 0. The molecule has 2 heterocycles. The van der Waals surface area contributed by atoms with E-state index in [1.165, 1.54) is 5.56 Å². The lowest BCUT2D eigenvalue weighted by Gasteiger charge is -2.10. The van der Waals surface area contributed by atoms with Crippen molar-refractivity contribution in [1.82, 2.24) is 5.32 Å². The molecule has 1 fully saturated rings. The van der Waals surface area contributed by atoms with Gasteiger partial charge in [0.15, 0.2) is 0 Å². The fraction of sp³-hybridized carbons (Fsp3) is 0.533. The van der Waals surface area contributed by atoms with Gasteiger partial charge in [-0.15, -0.1) is 0 Å². The molecule has 4 nitrogen and oxygen atoms in total. The average Bonchev–Trinajstić information content (AvgIpc) is 3.08. The summed E-state index contributed by atoms with van der Waals surface area (Å²) in [6, 6.07) is 5.90. The first kappa shape index (κ1) is 12.5. The van der Waals surface area contributed by atoms with Crippen molar-refractivity contribution in [3.8, 4) is 0 Å². The Morgan fingerprint density at radius 2 is 2.42 bits per heavy atom. The van der Waals surface area contributed by atoms with Crippen LogP contribution in [0.25, 0.3) is 0 Å². The summed E-state index contributed by atoms with van der Waals surface area (Å²) in [4.78, 5) is 12.0. The molecule has 1 saturated heterocycles. The fourth-order valence-corrected chi connectivity index (χ4v) is 2.75. The van der Waals surface area contributed by atoms with Crippen LogP contribution in [0.3, 0.4) is 0 Å². The van der Waals surface area contributed by atoms with E-state index in [4.69, 9.17) is 4.74 Å². The maximum Gasteiger partial charge on any atom is 0.251 e. The second-order valence-corrected chi connectivity index (χ2v) is 5.23. The van der Waals surface area contributed by atoms with Gasteiger partial charge in [-0.1, -0.05) is 6.07 Å². The van der Waals surface area contributed by atoms with Crippen LogP contribution in [0.5, 0.6) is 0 Å². The van der Waals surface area contributed by atoms with Gasteiger partial charge in [0.1, 0.15) is 0 Å². The van der Waals surface area contributed by atoms with Gasteiger partial charge < -0.3 is 15.4 Å². The number of amides is 1. The van der Waals surface area contributed by atoms with Crippen molar-refractivity contribution in [2.24, 2.45) is 0 Å². The number of carbonyl (C=O) groups is 1. The highest BCUT2D eigenvalue weighted by Crippen LogP contribution is 2.23. The van der Waals surface area contributed by atoms with E-state index in [1.807, 2.05) is 18.2 Å². The summed E-state index contributed by atoms with van der Waals surface area (Å²) in [5.74, 6) is 0.00879. The molecule has 1 atom stereocenters. The van der Waals surface area contributed by atoms with Crippen LogP contribution in [-0.2, 0) is 11.2 Å². The Balaban J connectivity index is 1.52. The molecule has 2 N–H and O–H groups in total. The van der Waals surface area contributed by atoms with Gasteiger partial charge >= 0.3 is 0 Å². The van der Waals surface area contributed by atoms with E-state index in [0.29, 0.717) is 12.6 Å². The summed E-state index contributed by atoms with van der Waals surface area (Å²) < 4.78 is 5.54. The summed E-state index contributed by atoms with van der Waals surface area (Å²) in [5, 5.41) is 6.27. The van der Waals surface area contributed by atoms with Crippen molar-refractivity contribution >= 4 is 11.6 Å².